The summed E-state index contributed by atoms with van der Waals surface area (Å²) in [7, 11) is -3.42. The fourth-order valence-electron chi connectivity index (χ4n) is 1.76. The fraction of sp³-hybridized carbons (Fsp3) is 0.556. The lowest BCUT2D eigenvalue weighted by Gasteiger charge is -2.04. The largest absolute Gasteiger partial charge is 0.322 e. The first-order valence-electron chi connectivity index (χ1n) is 5.05. The summed E-state index contributed by atoms with van der Waals surface area (Å²) < 4.78 is 25.4. The number of amides is 1. The van der Waals surface area contributed by atoms with Crippen molar-refractivity contribution in [3.63, 3.8) is 0 Å². The first-order valence-corrected chi connectivity index (χ1v) is 6.71. The van der Waals surface area contributed by atoms with Gasteiger partial charge in [0.2, 0.25) is 5.91 Å². The number of aryl methyl sites for hydroxylation is 2. The normalized spacial score (nSPS) is 18.8. The van der Waals surface area contributed by atoms with Crippen LogP contribution < -0.4 is 5.32 Å². The smallest absolute Gasteiger partial charge is 0.225 e. The zero-order valence-corrected chi connectivity index (χ0v) is 9.97. The van der Waals surface area contributed by atoms with Crippen molar-refractivity contribution < 1.29 is 13.2 Å². The summed E-state index contributed by atoms with van der Waals surface area (Å²) in [6, 6.07) is 0. The zero-order chi connectivity index (χ0) is 11.9. The third kappa shape index (κ3) is 1.60. The number of carbonyl (C=O) groups excluding carboxylic acids is 1. The van der Waals surface area contributed by atoms with Crippen LogP contribution in [0.4, 0.5) is 5.69 Å². The summed E-state index contributed by atoms with van der Waals surface area (Å²) in [4.78, 5) is 11.4. The van der Waals surface area contributed by atoms with E-state index in [1.165, 1.54) is 4.68 Å². The Morgan fingerprint density at radius 1 is 1.50 bits per heavy atom. The lowest BCUT2D eigenvalue weighted by molar-refractivity contribution is -0.115. The number of anilines is 1. The van der Waals surface area contributed by atoms with Gasteiger partial charge in [0.1, 0.15) is 5.69 Å². The molecule has 2 heterocycles. The summed E-state index contributed by atoms with van der Waals surface area (Å²) in [5.74, 6) is -0.433. The van der Waals surface area contributed by atoms with Crippen molar-refractivity contribution in [1.29, 1.82) is 0 Å². The summed E-state index contributed by atoms with van der Waals surface area (Å²) in [5.41, 5.74) is 0.875. The third-order valence-corrected chi connectivity index (χ3v) is 4.28. The predicted octanol–water partition coefficient (Wildman–Crippen LogP) is 0.327. The van der Waals surface area contributed by atoms with Crippen LogP contribution in [0.2, 0.25) is 0 Å². The lowest BCUT2D eigenvalue weighted by Crippen LogP contribution is -2.13. The minimum Gasteiger partial charge on any atom is -0.322 e. The van der Waals surface area contributed by atoms with Crippen molar-refractivity contribution in [2.75, 3.05) is 11.1 Å². The van der Waals surface area contributed by atoms with Gasteiger partial charge in [-0.2, -0.15) is 5.10 Å². The molecule has 0 saturated heterocycles. The summed E-state index contributed by atoms with van der Waals surface area (Å²) >= 11 is 0. The van der Waals surface area contributed by atoms with Crippen LogP contribution in [0.15, 0.2) is 5.03 Å². The molecular weight excluding hydrogens is 230 g/mol. The number of rotatable bonds is 1. The molecule has 0 aromatic carbocycles. The highest BCUT2D eigenvalue weighted by molar-refractivity contribution is 7.91. The minimum atomic E-state index is -3.42. The molecule has 1 aromatic rings. The zero-order valence-electron chi connectivity index (χ0n) is 9.15. The van der Waals surface area contributed by atoms with Crippen molar-refractivity contribution in [2.24, 2.45) is 0 Å². The Morgan fingerprint density at radius 2 is 2.19 bits per heavy atom. The molecule has 6 nitrogen and oxygen atoms in total. The van der Waals surface area contributed by atoms with Gasteiger partial charge in [-0.1, -0.05) is 0 Å². The van der Waals surface area contributed by atoms with E-state index in [2.05, 4.69) is 10.4 Å². The molecule has 1 aliphatic rings. The van der Waals surface area contributed by atoms with Gasteiger partial charge in [0.25, 0.3) is 0 Å². The number of fused-ring (bicyclic) bond motifs is 1. The summed E-state index contributed by atoms with van der Waals surface area (Å²) in [6.07, 6.45) is 0.000166. The van der Waals surface area contributed by atoms with E-state index in [-0.39, 0.29) is 23.1 Å². The third-order valence-electron chi connectivity index (χ3n) is 2.54. The molecule has 1 N–H and O–H groups in total. The van der Waals surface area contributed by atoms with Crippen molar-refractivity contribution >= 4 is 21.4 Å². The lowest BCUT2D eigenvalue weighted by atomic mass is 10.3. The maximum atomic E-state index is 12.0. The van der Waals surface area contributed by atoms with Gasteiger partial charge in [0.15, 0.2) is 14.9 Å². The molecule has 1 amide bonds. The second-order valence-corrected chi connectivity index (χ2v) is 5.72. The van der Waals surface area contributed by atoms with Crippen molar-refractivity contribution in [3.8, 4) is 0 Å². The number of aromatic nitrogens is 2. The van der Waals surface area contributed by atoms with Crippen molar-refractivity contribution in [1.82, 2.24) is 9.78 Å². The molecule has 0 radical (unpaired) electrons. The number of carbonyl (C=O) groups is 1. The maximum absolute atomic E-state index is 12.0. The topological polar surface area (TPSA) is 81.1 Å². The molecular formula is C9H13N3O3S. The quantitative estimate of drug-likeness (QED) is 0.770. The van der Waals surface area contributed by atoms with E-state index >= 15 is 0 Å². The maximum Gasteiger partial charge on any atom is 0.225 e. The van der Waals surface area contributed by atoms with Crippen LogP contribution in [-0.4, -0.2) is 29.9 Å². The van der Waals surface area contributed by atoms with Gasteiger partial charge in [-0.05, 0) is 13.8 Å². The number of hydrogen-bond donors (Lipinski definition) is 1. The molecule has 88 valence electrons. The van der Waals surface area contributed by atoms with Crippen LogP contribution in [-0.2, 0) is 21.2 Å². The van der Waals surface area contributed by atoms with E-state index in [9.17, 15) is 13.2 Å². The Kier molecular flexibility index (Phi) is 2.49. The van der Waals surface area contributed by atoms with E-state index < -0.39 is 9.84 Å². The molecule has 0 bridgehead atoms. The first-order chi connectivity index (χ1) is 7.45. The van der Waals surface area contributed by atoms with E-state index in [0.29, 0.717) is 17.9 Å². The van der Waals surface area contributed by atoms with Gasteiger partial charge < -0.3 is 5.32 Å². The number of nitrogens with zero attached hydrogens (tertiary/aromatic N) is 2. The van der Waals surface area contributed by atoms with E-state index in [1.807, 2.05) is 6.92 Å². The standard InChI is InChI=1S/C9H13N3O3S/c1-3-12-9-8(6(2)11-12)10-7(13)4-5-16(9,14)15/h3-5H2,1-2H3,(H,10,13). The SMILES string of the molecule is CCn1nc(C)c2c1S(=O)(=O)CCC(=O)N2. The average molecular weight is 243 g/mol. The number of sulfone groups is 1. The van der Waals surface area contributed by atoms with Gasteiger partial charge in [-0.25, -0.2) is 8.42 Å². The molecule has 2 rings (SSSR count). The summed E-state index contributed by atoms with van der Waals surface area (Å²) in [6.45, 7) is 3.96. The van der Waals surface area contributed by atoms with Crippen LogP contribution in [0, 0.1) is 6.92 Å². The molecule has 0 aliphatic carbocycles. The monoisotopic (exact) mass is 243 g/mol. The molecule has 1 aliphatic heterocycles. The van der Waals surface area contributed by atoms with E-state index in [1.54, 1.807) is 6.92 Å². The molecule has 0 spiro atoms. The van der Waals surface area contributed by atoms with Gasteiger partial charge in [-0.3, -0.25) is 9.48 Å². The van der Waals surface area contributed by atoms with Crippen LogP contribution in [0.3, 0.4) is 0 Å². The van der Waals surface area contributed by atoms with Crippen LogP contribution in [0.1, 0.15) is 19.0 Å². The molecule has 0 saturated carbocycles. The number of hydrogen-bond acceptors (Lipinski definition) is 4. The fourth-order valence-corrected chi connectivity index (χ4v) is 3.41. The summed E-state index contributed by atoms with van der Waals surface area (Å²) in [5, 5.41) is 6.84. The molecule has 1 aromatic heterocycles. The highest BCUT2D eigenvalue weighted by atomic mass is 32.2. The molecule has 16 heavy (non-hydrogen) atoms. The first kappa shape index (κ1) is 11.1. The van der Waals surface area contributed by atoms with Gasteiger partial charge in [0.05, 0.1) is 11.4 Å². The van der Waals surface area contributed by atoms with Crippen LogP contribution >= 0.6 is 0 Å². The second kappa shape index (κ2) is 3.58. The molecule has 0 unspecified atom stereocenters. The van der Waals surface area contributed by atoms with E-state index in [0.717, 1.165) is 0 Å². The van der Waals surface area contributed by atoms with Gasteiger partial charge in [-0.15, -0.1) is 0 Å². The predicted molar refractivity (Wildman–Crippen MR) is 57.9 cm³/mol. The van der Waals surface area contributed by atoms with Crippen LogP contribution in [0.5, 0.6) is 0 Å². The Morgan fingerprint density at radius 3 is 2.81 bits per heavy atom. The Hall–Kier alpha value is -1.37. The minimum absolute atomic E-state index is 0.000166. The second-order valence-electron chi connectivity index (χ2n) is 3.70. The highest BCUT2D eigenvalue weighted by Crippen LogP contribution is 2.29. The van der Waals surface area contributed by atoms with Gasteiger partial charge >= 0.3 is 0 Å². The van der Waals surface area contributed by atoms with Crippen LogP contribution in [0.25, 0.3) is 0 Å². The average Bonchev–Trinajstić information content (AvgIpc) is 2.47. The Labute approximate surface area is 93.6 Å². The van der Waals surface area contributed by atoms with E-state index in [4.69, 9.17) is 0 Å². The molecule has 7 heteroatoms. The Bertz CT molecular complexity index is 545. The molecule has 0 fully saturated rings. The Balaban J connectivity index is 2.72. The number of nitrogens with one attached hydrogen (secondary N) is 1. The van der Waals surface area contributed by atoms with Crippen molar-refractivity contribution in [2.45, 2.75) is 31.8 Å². The highest BCUT2D eigenvalue weighted by Gasteiger charge is 2.31. The van der Waals surface area contributed by atoms with Crippen molar-refractivity contribution in [3.05, 3.63) is 5.69 Å². The van der Waals surface area contributed by atoms with Gasteiger partial charge in [0, 0.05) is 13.0 Å². The molecule has 0 atom stereocenters.